The van der Waals surface area contributed by atoms with Crippen LogP contribution < -0.4 is 0 Å². The minimum Gasteiger partial charge on any atom is -0.451 e. The van der Waals surface area contributed by atoms with Gasteiger partial charge in [-0.3, -0.25) is 14.9 Å². The minimum atomic E-state index is -0.944. The fourth-order valence-electron chi connectivity index (χ4n) is 1.95. The third-order valence-electron chi connectivity index (χ3n) is 3.30. The van der Waals surface area contributed by atoms with Crippen LogP contribution in [0.1, 0.15) is 33.2 Å². The van der Waals surface area contributed by atoms with Gasteiger partial charge in [-0.05, 0) is 26.0 Å². The Bertz CT molecular complexity index is 735. The van der Waals surface area contributed by atoms with Gasteiger partial charge < -0.3 is 4.74 Å². The molecule has 0 amide bonds. The molecular weight excluding hydrogens is 298 g/mol. The number of Topliss-reactive ketones (excluding diaryl/α,β-unsaturated/α-hetero) is 1. The standard InChI is InChI=1S/C17H15NO5/c1-11-3-5-13(6-4-11)16(19)12(2)23-17(20)14-7-9-15(10-8-14)18(21)22/h3-10,12H,1-2H3. The Hall–Kier alpha value is -3.02. The van der Waals surface area contributed by atoms with Gasteiger partial charge in [0, 0.05) is 17.7 Å². The number of carbonyl (C=O) groups excluding carboxylic acids is 2. The Balaban J connectivity index is 2.05. The lowest BCUT2D eigenvalue weighted by Gasteiger charge is -2.12. The maximum Gasteiger partial charge on any atom is 0.338 e. The molecule has 2 rings (SSSR count). The Morgan fingerprint density at radius 2 is 1.52 bits per heavy atom. The first-order valence-electron chi connectivity index (χ1n) is 6.95. The van der Waals surface area contributed by atoms with E-state index in [0.29, 0.717) is 5.56 Å². The summed E-state index contributed by atoms with van der Waals surface area (Å²) in [6.07, 6.45) is -0.944. The predicted octanol–water partition coefficient (Wildman–Crippen LogP) is 3.33. The highest BCUT2D eigenvalue weighted by Gasteiger charge is 2.20. The van der Waals surface area contributed by atoms with Crippen molar-refractivity contribution in [2.45, 2.75) is 20.0 Å². The monoisotopic (exact) mass is 313 g/mol. The van der Waals surface area contributed by atoms with E-state index in [9.17, 15) is 19.7 Å². The SMILES string of the molecule is Cc1ccc(C(=O)C(C)OC(=O)c2ccc([N+](=O)[O-])cc2)cc1. The molecule has 6 heteroatoms. The number of aryl methyl sites for hydroxylation is 1. The third kappa shape index (κ3) is 4.00. The van der Waals surface area contributed by atoms with Crippen molar-refractivity contribution in [3.63, 3.8) is 0 Å². The number of benzene rings is 2. The number of esters is 1. The number of nitrogens with zero attached hydrogens (tertiary/aromatic N) is 1. The van der Waals surface area contributed by atoms with Gasteiger partial charge >= 0.3 is 5.97 Å². The molecule has 2 aromatic carbocycles. The number of ether oxygens (including phenoxy) is 1. The Morgan fingerprint density at radius 3 is 2.04 bits per heavy atom. The number of non-ortho nitro benzene ring substituents is 1. The van der Waals surface area contributed by atoms with Crippen LogP contribution in [-0.4, -0.2) is 22.8 Å². The summed E-state index contributed by atoms with van der Waals surface area (Å²) >= 11 is 0. The zero-order valence-electron chi connectivity index (χ0n) is 12.7. The van der Waals surface area contributed by atoms with Crippen molar-refractivity contribution in [2.24, 2.45) is 0 Å². The highest BCUT2D eigenvalue weighted by molar-refractivity contribution is 6.01. The molecule has 0 aliphatic heterocycles. The summed E-state index contributed by atoms with van der Waals surface area (Å²) in [4.78, 5) is 34.2. The van der Waals surface area contributed by atoms with Crippen LogP contribution in [0.5, 0.6) is 0 Å². The summed E-state index contributed by atoms with van der Waals surface area (Å²) in [5, 5.41) is 10.6. The maximum absolute atomic E-state index is 12.2. The minimum absolute atomic E-state index is 0.120. The van der Waals surface area contributed by atoms with Gasteiger partial charge in [0.2, 0.25) is 5.78 Å². The zero-order chi connectivity index (χ0) is 17.0. The fourth-order valence-corrected chi connectivity index (χ4v) is 1.95. The number of carbonyl (C=O) groups is 2. The van der Waals surface area contributed by atoms with E-state index in [1.807, 2.05) is 6.92 Å². The molecule has 1 atom stereocenters. The second kappa shape index (κ2) is 6.83. The number of hydrogen-bond acceptors (Lipinski definition) is 5. The Labute approximate surface area is 132 Å². The van der Waals surface area contributed by atoms with E-state index in [0.717, 1.165) is 5.56 Å². The van der Waals surface area contributed by atoms with Gasteiger partial charge in [0.1, 0.15) is 0 Å². The molecule has 1 unspecified atom stereocenters. The quantitative estimate of drug-likeness (QED) is 0.366. The first kappa shape index (κ1) is 16.4. The molecule has 0 radical (unpaired) electrons. The predicted molar refractivity (Wildman–Crippen MR) is 83.5 cm³/mol. The highest BCUT2D eigenvalue weighted by atomic mass is 16.6. The lowest BCUT2D eigenvalue weighted by molar-refractivity contribution is -0.384. The molecular formula is C17H15NO5. The van der Waals surface area contributed by atoms with E-state index in [4.69, 9.17) is 4.74 Å². The van der Waals surface area contributed by atoms with E-state index in [1.54, 1.807) is 24.3 Å². The van der Waals surface area contributed by atoms with Crippen LogP contribution in [0.15, 0.2) is 48.5 Å². The van der Waals surface area contributed by atoms with E-state index >= 15 is 0 Å². The van der Waals surface area contributed by atoms with Crippen molar-refractivity contribution in [3.05, 3.63) is 75.3 Å². The normalized spacial score (nSPS) is 11.6. The molecule has 0 N–H and O–H groups in total. The fraction of sp³-hybridized carbons (Fsp3) is 0.176. The lowest BCUT2D eigenvalue weighted by Crippen LogP contribution is -2.24. The second-order valence-corrected chi connectivity index (χ2v) is 5.08. The van der Waals surface area contributed by atoms with Crippen molar-refractivity contribution in [3.8, 4) is 0 Å². The van der Waals surface area contributed by atoms with Crippen LogP contribution >= 0.6 is 0 Å². The van der Waals surface area contributed by atoms with Crippen LogP contribution in [0, 0.1) is 17.0 Å². The second-order valence-electron chi connectivity index (χ2n) is 5.08. The van der Waals surface area contributed by atoms with Gasteiger partial charge in [0.05, 0.1) is 10.5 Å². The summed E-state index contributed by atoms with van der Waals surface area (Å²) in [5.74, 6) is -1.01. The number of ketones is 1. The average molecular weight is 313 g/mol. The van der Waals surface area contributed by atoms with Gasteiger partial charge in [-0.2, -0.15) is 0 Å². The summed E-state index contributed by atoms with van der Waals surface area (Å²) < 4.78 is 5.12. The molecule has 6 nitrogen and oxygen atoms in total. The smallest absolute Gasteiger partial charge is 0.338 e. The maximum atomic E-state index is 12.2. The molecule has 0 aliphatic rings. The topological polar surface area (TPSA) is 86.5 Å². The van der Waals surface area contributed by atoms with Crippen LogP contribution in [0.3, 0.4) is 0 Å². The molecule has 23 heavy (non-hydrogen) atoms. The summed E-state index contributed by atoms with van der Waals surface area (Å²) in [5.41, 5.74) is 1.51. The molecule has 118 valence electrons. The van der Waals surface area contributed by atoms with E-state index in [-0.39, 0.29) is 17.0 Å². The summed E-state index contributed by atoms with van der Waals surface area (Å²) in [7, 11) is 0. The molecule has 0 fully saturated rings. The van der Waals surface area contributed by atoms with Crippen molar-refractivity contribution >= 4 is 17.4 Å². The van der Waals surface area contributed by atoms with Gasteiger partial charge in [-0.25, -0.2) is 4.79 Å². The number of nitro groups is 1. The van der Waals surface area contributed by atoms with Gasteiger partial charge in [0.25, 0.3) is 5.69 Å². The van der Waals surface area contributed by atoms with Crippen LogP contribution in [-0.2, 0) is 4.74 Å². The number of rotatable bonds is 5. The highest BCUT2D eigenvalue weighted by Crippen LogP contribution is 2.14. The summed E-state index contributed by atoms with van der Waals surface area (Å²) in [6.45, 7) is 3.40. The van der Waals surface area contributed by atoms with Crippen molar-refractivity contribution in [2.75, 3.05) is 0 Å². The molecule has 0 aliphatic carbocycles. The number of nitro benzene ring substituents is 1. The molecule has 0 heterocycles. The molecule has 2 aromatic rings. The molecule has 0 saturated carbocycles. The molecule has 0 saturated heterocycles. The first-order chi connectivity index (χ1) is 10.9. The average Bonchev–Trinajstić information content (AvgIpc) is 2.54. The third-order valence-corrected chi connectivity index (χ3v) is 3.30. The van der Waals surface area contributed by atoms with Crippen molar-refractivity contribution in [1.29, 1.82) is 0 Å². The van der Waals surface area contributed by atoms with Crippen molar-refractivity contribution < 1.29 is 19.2 Å². The Kier molecular flexibility index (Phi) is 4.85. The molecule has 0 spiro atoms. The molecule has 0 aromatic heterocycles. The lowest BCUT2D eigenvalue weighted by atomic mass is 10.1. The molecule has 0 bridgehead atoms. The van der Waals surface area contributed by atoms with E-state index < -0.39 is 17.0 Å². The van der Waals surface area contributed by atoms with E-state index in [2.05, 4.69) is 0 Å². The van der Waals surface area contributed by atoms with E-state index in [1.165, 1.54) is 31.2 Å². The van der Waals surface area contributed by atoms with Gasteiger partial charge in [-0.1, -0.05) is 29.8 Å². The zero-order valence-corrected chi connectivity index (χ0v) is 12.7. The van der Waals surface area contributed by atoms with Crippen LogP contribution in [0.25, 0.3) is 0 Å². The van der Waals surface area contributed by atoms with Crippen LogP contribution in [0.4, 0.5) is 5.69 Å². The largest absolute Gasteiger partial charge is 0.451 e. The first-order valence-corrected chi connectivity index (χ1v) is 6.95. The summed E-state index contributed by atoms with van der Waals surface area (Å²) in [6, 6.07) is 12.0. The Morgan fingerprint density at radius 1 is 1.00 bits per heavy atom. The number of hydrogen-bond donors (Lipinski definition) is 0. The van der Waals surface area contributed by atoms with Gasteiger partial charge in [-0.15, -0.1) is 0 Å². The van der Waals surface area contributed by atoms with Crippen LogP contribution in [0.2, 0.25) is 0 Å². The van der Waals surface area contributed by atoms with Gasteiger partial charge in [0.15, 0.2) is 6.10 Å². The van der Waals surface area contributed by atoms with Crippen molar-refractivity contribution in [1.82, 2.24) is 0 Å².